The van der Waals surface area contributed by atoms with Gasteiger partial charge in [-0.1, -0.05) is 25.5 Å². The topological polar surface area (TPSA) is 74.5 Å². The Balaban J connectivity index is 2.28. The first-order valence-corrected chi connectivity index (χ1v) is 6.36. The first-order chi connectivity index (χ1) is 8.65. The van der Waals surface area contributed by atoms with Crippen molar-refractivity contribution in [3.8, 4) is 5.69 Å². The van der Waals surface area contributed by atoms with E-state index in [1.54, 1.807) is 9.36 Å². The van der Waals surface area contributed by atoms with E-state index in [4.69, 9.17) is 5.73 Å². The first kappa shape index (κ1) is 12.8. The zero-order chi connectivity index (χ0) is 13.1. The summed E-state index contributed by atoms with van der Waals surface area (Å²) in [5.41, 5.74) is 8.86. The highest BCUT2D eigenvalue weighted by atomic mass is 15.4. The van der Waals surface area contributed by atoms with Gasteiger partial charge in [0, 0.05) is 7.05 Å². The summed E-state index contributed by atoms with van der Waals surface area (Å²) >= 11 is 0. The van der Waals surface area contributed by atoms with Crippen LogP contribution in [0.2, 0.25) is 0 Å². The standard InChI is InChI=1S/C12H20N6/c1-4-6-9(13)11-7-18(16-14-11)12-8-17(3)15-10(12)5-2/h7-9H,4-6,13H2,1-3H3. The molecule has 0 fully saturated rings. The Morgan fingerprint density at radius 3 is 2.78 bits per heavy atom. The lowest BCUT2D eigenvalue weighted by Gasteiger charge is -2.04. The quantitative estimate of drug-likeness (QED) is 0.867. The van der Waals surface area contributed by atoms with Crippen LogP contribution in [0.3, 0.4) is 0 Å². The summed E-state index contributed by atoms with van der Waals surface area (Å²) in [4.78, 5) is 0. The highest BCUT2D eigenvalue weighted by Gasteiger charge is 2.13. The number of hydrogen-bond acceptors (Lipinski definition) is 4. The van der Waals surface area contributed by atoms with Crippen molar-refractivity contribution in [1.82, 2.24) is 24.8 Å². The molecule has 6 heteroatoms. The lowest BCUT2D eigenvalue weighted by molar-refractivity contribution is 0.619. The van der Waals surface area contributed by atoms with Crippen LogP contribution in [-0.2, 0) is 13.5 Å². The van der Waals surface area contributed by atoms with E-state index >= 15 is 0 Å². The first-order valence-electron chi connectivity index (χ1n) is 6.36. The number of nitrogens with two attached hydrogens (primary N) is 1. The number of aromatic nitrogens is 5. The van der Waals surface area contributed by atoms with Crippen LogP contribution in [-0.4, -0.2) is 24.8 Å². The fraction of sp³-hybridized carbons (Fsp3) is 0.583. The third kappa shape index (κ3) is 2.43. The largest absolute Gasteiger partial charge is 0.323 e. The van der Waals surface area contributed by atoms with E-state index < -0.39 is 0 Å². The molecule has 0 saturated carbocycles. The maximum Gasteiger partial charge on any atom is 0.107 e. The van der Waals surface area contributed by atoms with Gasteiger partial charge in [0.1, 0.15) is 5.69 Å². The zero-order valence-corrected chi connectivity index (χ0v) is 11.2. The zero-order valence-electron chi connectivity index (χ0n) is 11.2. The Hall–Kier alpha value is -1.69. The Morgan fingerprint density at radius 2 is 2.11 bits per heavy atom. The van der Waals surface area contributed by atoms with Gasteiger partial charge in [-0.15, -0.1) is 5.10 Å². The van der Waals surface area contributed by atoms with Gasteiger partial charge in [0.2, 0.25) is 0 Å². The average molecular weight is 248 g/mol. The smallest absolute Gasteiger partial charge is 0.107 e. The van der Waals surface area contributed by atoms with E-state index in [1.165, 1.54) is 0 Å². The third-order valence-corrected chi connectivity index (χ3v) is 2.96. The summed E-state index contributed by atoms with van der Waals surface area (Å²) in [7, 11) is 1.91. The second-order valence-corrected chi connectivity index (χ2v) is 4.47. The molecule has 1 unspecified atom stereocenters. The summed E-state index contributed by atoms with van der Waals surface area (Å²) in [6, 6.07) is -0.0366. The molecule has 18 heavy (non-hydrogen) atoms. The number of hydrogen-bond donors (Lipinski definition) is 1. The van der Waals surface area contributed by atoms with Gasteiger partial charge in [-0.3, -0.25) is 4.68 Å². The molecule has 2 rings (SSSR count). The van der Waals surface area contributed by atoms with Crippen molar-refractivity contribution in [2.45, 2.75) is 39.2 Å². The van der Waals surface area contributed by atoms with Crippen LogP contribution in [0.1, 0.15) is 44.1 Å². The molecular formula is C12H20N6. The van der Waals surface area contributed by atoms with E-state index in [-0.39, 0.29) is 6.04 Å². The molecule has 2 heterocycles. The summed E-state index contributed by atoms with van der Waals surface area (Å²) in [6.45, 7) is 4.19. The number of nitrogens with zero attached hydrogens (tertiary/aromatic N) is 5. The van der Waals surface area contributed by atoms with Crippen molar-refractivity contribution in [3.05, 3.63) is 23.8 Å². The van der Waals surface area contributed by atoms with Gasteiger partial charge in [0.15, 0.2) is 0 Å². The van der Waals surface area contributed by atoms with Gasteiger partial charge in [-0.25, -0.2) is 4.68 Å². The van der Waals surface area contributed by atoms with Gasteiger partial charge in [-0.05, 0) is 12.8 Å². The normalized spacial score (nSPS) is 12.9. The van der Waals surface area contributed by atoms with Crippen LogP contribution in [0.5, 0.6) is 0 Å². The van der Waals surface area contributed by atoms with Gasteiger partial charge < -0.3 is 5.73 Å². The Morgan fingerprint density at radius 1 is 1.33 bits per heavy atom. The molecule has 0 aliphatic rings. The number of rotatable bonds is 5. The van der Waals surface area contributed by atoms with Crippen molar-refractivity contribution in [3.63, 3.8) is 0 Å². The molecule has 0 aliphatic carbocycles. The summed E-state index contributed by atoms with van der Waals surface area (Å²) in [5.74, 6) is 0. The van der Waals surface area contributed by atoms with Crippen LogP contribution < -0.4 is 5.73 Å². The van der Waals surface area contributed by atoms with E-state index in [0.29, 0.717) is 0 Å². The Kier molecular flexibility index (Phi) is 3.76. The van der Waals surface area contributed by atoms with E-state index in [9.17, 15) is 0 Å². The van der Waals surface area contributed by atoms with Crippen LogP contribution in [0.4, 0.5) is 0 Å². The molecule has 1 atom stereocenters. The second-order valence-electron chi connectivity index (χ2n) is 4.47. The third-order valence-electron chi connectivity index (χ3n) is 2.96. The van der Waals surface area contributed by atoms with Gasteiger partial charge in [0.05, 0.1) is 29.8 Å². The van der Waals surface area contributed by atoms with Crippen molar-refractivity contribution < 1.29 is 0 Å². The van der Waals surface area contributed by atoms with Crippen molar-refractivity contribution in [2.24, 2.45) is 12.8 Å². The van der Waals surface area contributed by atoms with Crippen LogP contribution in [0.25, 0.3) is 5.69 Å². The summed E-state index contributed by atoms with van der Waals surface area (Å²) < 4.78 is 3.55. The Bertz CT molecular complexity index is 512. The van der Waals surface area contributed by atoms with Crippen molar-refractivity contribution >= 4 is 0 Å². The maximum absolute atomic E-state index is 6.04. The second kappa shape index (κ2) is 5.30. The fourth-order valence-corrected chi connectivity index (χ4v) is 1.99. The van der Waals surface area contributed by atoms with Crippen molar-refractivity contribution in [1.29, 1.82) is 0 Å². The average Bonchev–Trinajstić information content (AvgIpc) is 2.95. The van der Waals surface area contributed by atoms with Crippen LogP contribution in [0.15, 0.2) is 12.4 Å². The molecule has 0 aromatic carbocycles. The minimum atomic E-state index is -0.0366. The van der Waals surface area contributed by atoms with E-state index in [1.807, 2.05) is 19.4 Å². The molecule has 0 aliphatic heterocycles. The summed E-state index contributed by atoms with van der Waals surface area (Å²) in [6.07, 6.45) is 6.68. The van der Waals surface area contributed by atoms with Gasteiger partial charge in [-0.2, -0.15) is 5.10 Å². The van der Waals surface area contributed by atoms with E-state index in [0.717, 1.165) is 36.3 Å². The van der Waals surface area contributed by atoms with Gasteiger partial charge >= 0.3 is 0 Å². The summed E-state index contributed by atoms with van der Waals surface area (Å²) in [5, 5.41) is 12.7. The maximum atomic E-state index is 6.04. The highest BCUT2D eigenvalue weighted by Crippen LogP contribution is 2.16. The molecule has 0 amide bonds. The minimum Gasteiger partial charge on any atom is -0.323 e. The molecule has 6 nitrogen and oxygen atoms in total. The predicted octanol–water partition coefficient (Wildman–Crippen LogP) is 1.36. The molecule has 2 N–H and O–H groups in total. The lowest BCUT2D eigenvalue weighted by atomic mass is 10.1. The van der Waals surface area contributed by atoms with Crippen molar-refractivity contribution in [2.75, 3.05) is 0 Å². The number of aryl methyl sites for hydroxylation is 2. The predicted molar refractivity (Wildman–Crippen MR) is 69.3 cm³/mol. The minimum absolute atomic E-state index is 0.0366. The SMILES string of the molecule is CCCC(N)c1cn(-c2cn(C)nc2CC)nn1. The Labute approximate surface area is 107 Å². The highest BCUT2D eigenvalue weighted by molar-refractivity contribution is 5.33. The molecular weight excluding hydrogens is 228 g/mol. The molecule has 0 radical (unpaired) electrons. The molecule has 98 valence electrons. The molecule has 2 aromatic heterocycles. The van der Waals surface area contributed by atoms with Gasteiger partial charge in [0.25, 0.3) is 0 Å². The molecule has 0 bridgehead atoms. The van der Waals surface area contributed by atoms with Crippen LogP contribution in [0, 0.1) is 0 Å². The monoisotopic (exact) mass is 248 g/mol. The fourth-order valence-electron chi connectivity index (χ4n) is 1.99. The van der Waals surface area contributed by atoms with Crippen LogP contribution >= 0.6 is 0 Å². The molecule has 0 saturated heterocycles. The molecule has 2 aromatic rings. The van der Waals surface area contributed by atoms with E-state index in [2.05, 4.69) is 29.3 Å². The molecule has 0 spiro atoms. The lowest BCUT2D eigenvalue weighted by Crippen LogP contribution is -2.10.